The molecule has 0 aliphatic carbocycles. The zero-order valence-electron chi connectivity index (χ0n) is 3.97. The fraction of sp³-hybridized carbons (Fsp3) is 0.500. The van der Waals surface area contributed by atoms with Crippen LogP contribution in [0.15, 0.2) is 11.5 Å². The molecule has 1 nitrogen and oxygen atoms in total. The lowest BCUT2D eigenvalue weighted by molar-refractivity contribution is 0.691. The highest BCUT2D eigenvalue weighted by molar-refractivity contribution is 7.87. The van der Waals surface area contributed by atoms with E-state index in [4.69, 9.17) is 0 Å². The van der Waals surface area contributed by atoms with Gasteiger partial charge in [-0.25, -0.2) is 0 Å². The van der Waals surface area contributed by atoms with Gasteiger partial charge in [-0.1, -0.05) is 6.08 Å². The van der Waals surface area contributed by atoms with E-state index in [0.29, 0.717) is 0 Å². The topological polar surface area (TPSA) is 17.1 Å². The van der Waals surface area contributed by atoms with E-state index in [-0.39, 0.29) is 0 Å². The maximum absolute atomic E-state index is 10.1. The predicted molar refractivity (Wildman–Crippen MR) is 28.9 cm³/mol. The highest BCUT2D eigenvalue weighted by atomic mass is 32.2. The average molecular weight is 104 g/mol. The van der Waals surface area contributed by atoms with Crippen LogP contribution < -0.4 is 0 Å². The molecule has 0 spiro atoms. The number of hydrogen-bond donors (Lipinski definition) is 0. The quantitative estimate of drug-likeness (QED) is 0.483. The van der Waals surface area contributed by atoms with Gasteiger partial charge >= 0.3 is 0 Å². The maximum atomic E-state index is 10.1. The van der Waals surface area contributed by atoms with Crippen molar-refractivity contribution in [3.8, 4) is 0 Å². The van der Waals surface area contributed by atoms with Crippen LogP contribution in [0.2, 0.25) is 0 Å². The Bertz CT molecular complexity index is 75.6. The summed E-state index contributed by atoms with van der Waals surface area (Å²) >= 11 is 0. The minimum absolute atomic E-state index is 0.746. The zero-order chi connectivity index (χ0) is 4.99. The fourth-order valence-electron chi connectivity index (χ4n) is 0.192. The van der Waals surface area contributed by atoms with Gasteiger partial charge in [-0.15, -0.1) is 0 Å². The summed E-state index contributed by atoms with van der Waals surface area (Å²) in [6, 6.07) is 0. The predicted octanol–water partition coefficient (Wildman–Crippen LogP) is 0.899. The van der Waals surface area contributed by atoms with E-state index in [1.807, 2.05) is 6.92 Å². The number of allylic oxidation sites excluding steroid dienone is 1. The molecule has 0 aliphatic rings. The SMILES string of the molecule is C/C=C\S(C)=O. The fourth-order valence-corrected chi connectivity index (χ4v) is 0.575. The molecule has 0 aromatic heterocycles. The van der Waals surface area contributed by atoms with Crippen molar-refractivity contribution in [3.05, 3.63) is 11.5 Å². The minimum atomic E-state index is -0.746. The molecule has 0 bridgehead atoms. The van der Waals surface area contributed by atoms with Gasteiger partial charge in [0.15, 0.2) is 0 Å². The van der Waals surface area contributed by atoms with Crippen LogP contribution in [0.4, 0.5) is 0 Å². The average Bonchev–Trinajstić information content (AvgIpc) is 1.35. The Balaban J connectivity index is 3.30. The van der Waals surface area contributed by atoms with Crippen LogP contribution in [-0.2, 0) is 10.8 Å². The van der Waals surface area contributed by atoms with E-state index >= 15 is 0 Å². The molecule has 0 amide bonds. The Hall–Kier alpha value is -0.110. The molecule has 0 aliphatic heterocycles. The van der Waals surface area contributed by atoms with Crippen LogP contribution in [0.5, 0.6) is 0 Å². The molecule has 1 atom stereocenters. The summed E-state index contributed by atoms with van der Waals surface area (Å²) in [4.78, 5) is 0. The van der Waals surface area contributed by atoms with E-state index in [0.717, 1.165) is 0 Å². The van der Waals surface area contributed by atoms with E-state index < -0.39 is 10.8 Å². The first-order chi connectivity index (χ1) is 2.77. The molecular formula is C4H8OS. The highest BCUT2D eigenvalue weighted by Crippen LogP contribution is 1.73. The van der Waals surface area contributed by atoms with Gasteiger partial charge < -0.3 is 0 Å². The molecule has 0 saturated heterocycles. The molecular weight excluding hydrogens is 96.1 g/mol. The molecule has 0 aromatic rings. The van der Waals surface area contributed by atoms with Crippen LogP contribution in [0.25, 0.3) is 0 Å². The van der Waals surface area contributed by atoms with Gasteiger partial charge in [-0.2, -0.15) is 0 Å². The molecule has 0 fully saturated rings. The first-order valence-electron chi connectivity index (χ1n) is 1.72. The Morgan fingerprint density at radius 3 is 2.17 bits per heavy atom. The van der Waals surface area contributed by atoms with Crippen molar-refractivity contribution in [2.75, 3.05) is 6.26 Å². The van der Waals surface area contributed by atoms with Gasteiger partial charge in [-0.05, 0) is 12.3 Å². The van der Waals surface area contributed by atoms with Crippen LogP contribution >= 0.6 is 0 Å². The Morgan fingerprint density at radius 1 is 1.67 bits per heavy atom. The Labute approximate surface area is 40.5 Å². The van der Waals surface area contributed by atoms with Crippen LogP contribution in [0.1, 0.15) is 6.92 Å². The third-order valence-corrected chi connectivity index (χ3v) is 0.983. The van der Waals surface area contributed by atoms with Crippen molar-refractivity contribution in [2.45, 2.75) is 6.92 Å². The first kappa shape index (κ1) is 5.89. The monoisotopic (exact) mass is 104 g/mol. The second-order valence-electron chi connectivity index (χ2n) is 0.968. The van der Waals surface area contributed by atoms with E-state index in [9.17, 15) is 4.21 Å². The molecule has 1 unspecified atom stereocenters. The zero-order valence-corrected chi connectivity index (χ0v) is 4.79. The standard InChI is InChI=1S/C4H8OS/c1-3-4-6(2)5/h3-4H,1-2H3/b4-3-. The smallest absolute Gasteiger partial charge is 0.0421 e. The summed E-state index contributed by atoms with van der Waals surface area (Å²) in [7, 11) is -0.746. The molecule has 0 rings (SSSR count). The lowest BCUT2D eigenvalue weighted by Crippen LogP contribution is -1.71. The van der Waals surface area contributed by atoms with E-state index in [1.54, 1.807) is 17.7 Å². The van der Waals surface area contributed by atoms with Gasteiger partial charge in [0.05, 0.1) is 0 Å². The van der Waals surface area contributed by atoms with Crippen LogP contribution in [0, 0.1) is 0 Å². The van der Waals surface area contributed by atoms with Gasteiger partial charge in [0.2, 0.25) is 0 Å². The summed E-state index contributed by atoms with van der Waals surface area (Å²) in [5.74, 6) is 0. The van der Waals surface area contributed by atoms with Crippen molar-refractivity contribution < 1.29 is 4.21 Å². The van der Waals surface area contributed by atoms with Crippen LogP contribution in [0.3, 0.4) is 0 Å². The molecule has 0 aromatic carbocycles. The van der Waals surface area contributed by atoms with Crippen molar-refractivity contribution >= 4 is 10.8 Å². The third kappa shape index (κ3) is 3.89. The largest absolute Gasteiger partial charge is 0.255 e. The highest BCUT2D eigenvalue weighted by Gasteiger charge is 1.69. The van der Waals surface area contributed by atoms with Crippen molar-refractivity contribution in [1.82, 2.24) is 0 Å². The normalized spacial score (nSPS) is 15.7. The van der Waals surface area contributed by atoms with Gasteiger partial charge in [0.1, 0.15) is 0 Å². The van der Waals surface area contributed by atoms with Gasteiger partial charge in [0, 0.05) is 17.1 Å². The van der Waals surface area contributed by atoms with Gasteiger partial charge in [0.25, 0.3) is 0 Å². The summed E-state index contributed by atoms with van der Waals surface area (Å²) < 4.78 is 10.1. The van der Waals surface area contributed by atoms with Crippen molar-refractivity contribution in [1.29, 1.82) is 0 Å². The van der Waals surface area contributed by atoms with Gasteiger partial charge in [-0.3, -0.25) is 4.21 Å². The van der Waals surface area contributed by atoms with E-state index in [1.165, 1.54) is 0 Å². The van der Waals surface area contributed by atoms with E-state index in [2.05, 4.69) is 0 Å². The summed E-state index contributed by atoms with van der Waals surface area (Å²) in [5, 5.41) is 1.64. The lowest BCUT2D eigenvalue weighted by Gasteiger charge is -1.70. The molecule has 0 N–H and O–H groups in total. The van der Waals surface area contributed by atoms with Crippen molar-refractivity contribution in [3.63, 3.8) is 0 Å². The molecule has 0 saturated carbocycles. The molecule has 36 valence electrons. The molecule has 0 heterocycles. The summed E-state index contributed by atoms with van der Waals surface area (Å²) in [5.41, 5.74) is 0. The Kier molecular flexibility index (Phi) is 3.04. The first-order valence-corrected chi connectivity index (χ1v) is 3.34. The Morgan fingerprint density at radius 2 is 2.17 bits per heavy atom. The number of rotatable bonds is 1. The molecule has 0 radical (unpaired) electrons. The maximum Gasteiger partial charge on any atom is 0.0421 e. The second-order valence-corrected chi connectivity index (χ2v) is 2.24. The summed E-state index contributed by atoms with van der Waals surface area (Å²) in [6.07, 6.45) is 3.41. The number of hydrogen-bond acceptors (Lipinski definition) is 1. The molecule has 2 heteroatoms. The lowest BCUT2D eigenvalue weighted by atomic mass is 10.8. The van der Waals surface area contributed by atoms with Crippen molar-refractivity contribution in [2.24, 2.45) is 0 Å². The third-order valence-electron chi connectivity index (χ3n) is 0.328. The minimum Gasteiger partial charge on any atom is -0.255 e. The van der Waals surface area contributed by atoms with Crippen LogP contribution in [-0.4, -0.2) is 10.5 Å². The molecule has 6 heavy (non-hydrogen) atoms. The summed E-state index contributed by atoms with van der Waals surface area (Å²) in [6.45, 7) is 1.85. The second kappa shape index (κ2) is 3.09.